The number of hydrogen-bond acceptors (Lipinski definition) is 7. The topological polar surface area (TPSA) is 71.5 Å². The minimum atomic E-state index is -0.0723. The van der Waals surface area contributed by atoms with Gasteiger partial charge in [-0.25, -0.2) is 9.97 Å². The summed E-state index contributed by atoms with van der Waals surface area (Å²) in [6, 6.07) is 13.5. The molecule has 1 saturated heterocycles. The molecule has 3 heterocycles. The van der Waals surface area contributed by atoms with Crippen LogP contribution < -0.4 is 9.64 Å². The summed E-state index contributed by atoms with van der Waals surface area (Å²) >= 11 is 1.65. The number of thiazole rings is 1. The number of ether oxygens (including phenoxy) is 1. The zero-order chi connectivity index (χ0) is 19.8. The summed E-state index contributed by atoms with van der Waals surface area (Å²) in [5.41, 5.74) is 2.89. The summed E-state index contributed by atoms with van der Waals surface area (Å²) in [6.07, 6.45) is 1.57. The quantitative estimate of drug-likeness (QED) is 0.521. The van der Waals surface area contributed by atoms with Crippen molar-refractivity contribution in [2.45, 2.75) is 0 Å². The van der Waals surface area contributed by atoms with Crippen LogP contribution in [0.4, 0.5) is 5.13 Å². The average Bonchev–Trinajstić information content (AvgIpc) is 3.21. The predicted molar refractivity (Wildman–Crippen MR) is 114 cm³/mol. The third-order valence-corrected chi connectivity index (χ3v) is 6.17. The summed E-state index contributed by atoms with van der Waals surface area (Å²) in [6.45, 7) is 2.74. The zero-order valence-corrected chi connectivity index (χ0v) is 16.7. The number of fused-ring (bicyclic) bond motifs is 2. The van der Waals surface area contributed by atoms with Gasteiger partial charge in [-0.2, -0.15) is 0 Å². The molecule has 5 rings (SSSR count). The highest BCUT2D eigenvalue weighted by Crippen LogP contribution is 2.31. The molecule has 1 aliphatic heterocycles. The molecule has 0 N–H and O–H groups in total. The van der Waals surface area contributed by atoms with Gasteiger partial charge >= 0.3 is 0 Å². The van der Waals surface area contributed by atoms with E-state index in [1.807, 2.05) is 47.4 Å². The Morgan fingerprint density at radius 2 is 1.79 bits per heavy atom. The Morgan fingerprint density at radius 3 is 2.59 bits per heavy atom. The summed E-state index contributed by atoms with van der Waals surface area (Å²) in [5, 5.41) is 0.978. The Labute approximate surface area is 171 Å². The number of amides is 1. The van der Waals surface area contributed by atoms with Crippen molar-refractivity contribution in [3.8, 4) is 5.75 Å². The Kier molecular flexibility index (Phi) is 4.48. The lowest BCUT2D eigenvalue weighted by Crippen LogP contribution is -2.49. The van der Waals surface area contributed by atoms with Crippen LogP contribution in [0.5, 0.6) is 5.75 Å². The molecule has 7 nitrogen and oxygen atoms in total. The molecule has 8 heteroatoms. The lowest BCUT2D eigenvalue weighted by Gasteiger charge is -2.34. The maximum Gasteiger partial charge on any atom is 0.274 e. The highest BCUT2D eigenvalue weighted by molar-refractivity contribution is 7.22. The number of nitrogens with zero attached hydrogens (tertiary/aromatic N) is 5. The second kappa shape index (κ2) is 7.29. The molecule has 0 radical (unpaired) electrons. The first-order valence-corrected chi connectivity index (χ1v) is 10.2. The fourth-order valence-corrected chi connectivity index (χ4v) is 4.52. The molecular weight excluding hydrogens is 386 g/mol. The summed E-state index contributed by atoms with van der Waals surface area (Å²) < 4.78 is 6.40. The van der Waals surface area contributed by atoms with E-state index in [1.54, 1.807) is 24.6 Å². The molecule has 146 valence electrons. The molecule has 1 amide bonds. The van der Waals surface area contributed by atoms with Crippen LogP contribution in [0.1, 0.15) is 10.5 Å². The van der Waals surface area contributed by atoms with Crippen molar-refractivity contribution in [2.24, 2.45) is 0 Å². The van der Waals surface area contributed by atoms with Crippen LogP contribution in [0.3, 0.4) is 0 Å². The third-order valence-electron chi connectivity index (χ3n) is 5.09. The van der Waals surface area contributed by atoms with E-state index >= 15 is 0 Å². The van der Waals surface area contributed by atoms with Gasteiger partial charge in [0, 0.05) is 26.2 Å². The van der Waals surface area contributed by atoms with E-state index < -0.39 is 0 Å². The minimum Gasteiger partial charge on any atom is -0.497 e. The van der Waals surface area contributed by atoms with Gasteiger partial charge in [0.05, 0.1) is 34.6 Å². The molecule has 1 aliphatic rings. The summed E-state index contributed by atoms with van der Waals surface area (Å²) in [4.78, 5) is 30.5. The highest BCUT2D eigenvalue weighted by Gasteiger charge is 2.25. The zero-order valence-electron chi connectivity index (χ0n) is 15.9. The number of carbonyl (C=O) groups is 1. The SMILES string of the molecule is COc1ccc2nc(N3CCN(C(=O)c4cnc5ccccc5n4)CC3)sc2c1. The number of carbonyl (C=O) groups excluding carboxylic acids is 1. The normalized spacial score (nSPS) is 14.5. The fourth-order valence-electron chi connectivity index (χ4n) is 3.48. The number of piperazine rings is 1. The second-order valence-corrected chi connectivity index (χ2v) is 7.86. The van der Waals surface area contributed by atoms with Gasteiger partial charge in [-0.1, -0.05) is 23.5 Å². The molecular formula is C21H19N5O2S. The standard InChI is InChI=1S/C21H19N5O2S/c1-28-14-6-7-17-19(12-14)29-21(24-17)26-10-8-25(9-11-26)20(27)18-13-22-15-4-2-3-5-16(15)23-18/h2-7,12-13H,8-11H2,1H3. The van der Waals surface area contributed by atoms with E-state index in [-0.39, 0.29) is 5.91 Å². The fraction of sp³-hybridized carbons (Fsp3) is 0.238. The largest absolute Gasteiger partial charge is 0.497 e. The van der Waals surface area contributed by atoms with Crippen molar-refractivity contribution in [1.29, 1.82) is 0 Å². The molecule has 0 aliphatic carbocycles. The molecule has 0 bridgehead atoms. The van der Waals surface area contributed by atoms with Gasteiger partial charge in [-0.3, -0.25) is 9.78 Å². The van der Waals surface area contributed by atoms with Crippen LogP contribution in [0, 0.1) is 0 Å². The highest BCUT2D eigenvalue weighted by atomic mass is 32.1. The molecule has 2 aromatic heterocycles. The number of hydrogen-bond donors (Lipinski definition) is 0. The van der Waals surface area contributed by atoms with Crippen LogP contribution in [0.25, 0.3) is 21.3 Å². The number of anilines is 1. The average molecular weight is 405 g/mol. The van der Waals surface area contributed by atoms with Crippen molar-refractivity contribution in [3.63, 3.8) is 0 Å². The molecule has 1 fully saturated rings. The predicted octanol–water partition coefficient (Wildman–Crippen LogP) is 3.21. The maximum absolute atomic E-state index is 12.9. The van der Waals surface area contributed by atoms with E-state index in [0.29, 0.717) is 18.8 Å². The lowest BCUT2D eigenvalue weighted by atomic mass is 10.2. The Morgan fingerprint density at radius 1 is 1.00 bits per heavy atom. The van der Waals surface area contributed by atoms with Gasteiger partial charge < -0.3 is 14.5 Å². The molecule has 29 heavy (non-hydrogen) atoms. The van der Waals surface area contributed by atoms with Gasteiger partial charge in [0.2, 0.25) is 0 Å². The number of benzene rings is 2. The molecule has 0 saturated carbocycles. The first-order valence-electron chi connectivity index (χ1n) is 9.42. The Hall–Kier alpha value is -3.26. The minimum absolute atomic E-state index is 0.0723. The van der Waals surface area contributed by atoms with E-state index in [9.17, 15) is 4.79 Å². The van der Waals surface area contributed by atoms with E-state index in [2.05, 4.69) is 14.9 Å². The van der Waals surface area contributed by atoms with Crippen molar-refractivity contribution < 1.29 is 9.53 Å². The maximum atomic E-state index is 12.9. The van der Waals surface area contributed by atoms with Gasteiger partial charge in [0.15, 0.2) is 5.13 Å². The molecule has 0 unspecified atom stereocenters. The molecule has 0 atom stereocenters. The van der Waals surface area contributed by atoms with Gasteiger partial charge in [-0.05, 0) is 30.3 Å². The number of para-hydroxylation sites is 2. The molecule has 2 aromatic carbocycles. The summed E-state index contributed by atoms with van der Waals surface area (Å²) in [5.74, 6) is 0.761. The third kappa shape index (κ3) is 3.36. The molecule has 0 spiro atoms. The summed E-state index contributed by atoms with van der Waals surface area (Å²) in [7, 11) is 1.67. The lowest BCUT2D eigenvalue weighted by molar-refractivity contribution is 0.0741. The van der Waals surface area contributed by atoms with Gasteiger partial charge in [-0.15, -0.1) is 0 Å². The van der Waals surface area contributed by atoms with Crippen LogP contribution in [-0.4, -0.2) is 59.0 Å². The number of aromatic nitrogens is 3. The van der Waals surface area contributed by atoms with Crippen LogP contribution >= 0.6 is 11.3 Å². The van der Waals surface area contributed by atoms with Crippen molar-refractivity contribution in [1.82, 2.24) is 19.9 Å². The number of rotatable bonds is 3. The second-order valence-electron chi connectivity index (χ2n) is 6.85. The van der Waals surface area contributed by atoms with Crippen molar-refractivity contribution in [3.05, 3.63) is 54.4 Å². The van der Waals surface area contributed by atoms with Gasteiger partial charge in [0.25, 0.3) is 5.91 Å². The first kappa shape index (κ1) is 17.8. The van der Waals surface area contributed by atoms with E-state index in [4.69, 9.17) is 9.72 Å². The number of methoxy groups -OCH3 is 1. The van der Waals surface area contributed by atoms with Crippen LogP contribution in [-0.2, 0) is 0 Å². The first-order chi connectivity index (χ1) is 14.2. The smallest absolute Gasteiger partial charge is 0.274 e. The van der Waals surface area contributed by atoms with Crippen molar-refractivity contribution >= 4 is 43.6 Å². The van der Waals surface area contributed by atoms with Crippen LogP contribution in [0.2, 0.25) is 0 Å². The molecule has 4 aromatic rings. The van der Waals surface area contributed by atoms with Crippen LogP contribution in [0.15, 0.2) is 48.7 Å². The monoisotopic (exact) mass is 405 g/mol. The van der Waals surface area contributed by atoms with E-state index in [0.717, 1.165) is 45.2 Å². The van der Waals surface area contributed by atoms with Crippen molar-refractivity contribution in [2.75, 3.05) is 38.2 Å². The van der Waals surface area contributed by atoms with Gasteiger partial charge in [0.1, 0.15) is 11.4 Å². The Balaban J connectivity index is 1.30. The Bertz CT molecular complexity index is 1200. The van der Waals surface area contributed by atoms with E-state index in [1.165, 1.54) is 0 Å².